The summed E-state index contributed by atoms with van der Waals surface area (Å²) >= 11 is 3.53. The summed E-state index contributed by atoms with van der Waals surface area (Å²) in [5, 5.41) is 0. The van der Waals surface area contributed by atoms with Gasteiger partial charge in [0, 0.05) is 28.7 Å². The monoisotopic (exact) mass is 435 g/mol. The second kappa shape index (κ2) is 9.29. The molecule has 1 atom stereocenters. The normalized spacial score (nSPS) is 12.2. The zero-order chi connectivity index (χ0) is 20.1. The van der Waals surface area contributed by atoms with E-state index in [1.165, 1.54) is 0 Å². The van der Waals surface area contributed by atoms with Gasteiger partial charge in [-0.15, -0.1) is 0 Å². The highest BCUT2D eigenvalue weighted by Gasteiger charge is 2.22. The molecule has 0 aliphatic heterocycles. The Morgan fingerprint density at radius 1 is 1.00 bits per heavy atom. The van der Waals surface area contributed by atoms with Crippen molar-refractivity contribution in [3.63, 3.8) is 0 Å². The molecule has 1 unspecified atom stereocenters. The van der Waals surface area contributed by atoms with E-state index in [9.17, 15) is 4.79 Å². The van der Waals surface area contributed by atoms with Crippen molar-refractivity contribution in [3.05, 3.63) is 88.2 Å². The van der Waals surface area contributed by atoms with Crippen LogP contribution in [0.2, 0.25) is 0 Å². The minimum atomic E-state index is -0.0694. The summed E-state index contributed by atoms with van der Waals surface area (Å²) < 4.78 is 1.02. The molecule has 1 aromatic heterocycles. The van der Waals surface area contributed by atoms with Gasteiger partial charge < -0.3 is 0 Å². The molecule has 0 N–H and O–H groups in total. The van der Waals surface area contributed by atoms with Crippen LogP contribution in [0, 0.1) is 12.8 Å². The fraction of sp³-hybridized carbons (Fsp3) is 0.280. The Balaban J connectivity index is 1.77. The number of aryl methyl sites for hydroxylation is 1. The Hall–Kier alpha value is -2.26. The zero-order valence-electron chi connectivity index (χ0n) is 16.7. The van der Waals surface area contributed by atoms with Crippen LogP contribution in [0.25, 0.3) is 11.1 Å². The molecule has 3 rings (SSSR count). The molecule has 3 aromatic rings. The maximum absolute atomic E-state index is 13.1. The van der Waals surface area contributed by atoms with E-state index in [2.05, 4.69) is 77.2 Å². The molecular formula is C25H26BrNO. The molecule has 3 heteroatoms. The average molecular weight is 436 g/mol. The maximum atomic E-state index is 13.1. The molecular weight excluding hydrogens is 410 g/mol. The molecule has 0 saturated heterocycles. The highest BCUT2D eigenvalue weighted by molar-refractivity contribution is 9.10. The average Bonchev–Trinajstić information content (AvgIpc) is 2.66. The number of rotatable bonds is 7. The quantitative estimate of drug-likeness (QED) is 0.410. The van der Waals surface area contributed by atoms with Crippen LogP contribution in [0.1, 0.15) is 43.0 Å². The van der Waals surface area contributed by atoms with Crippen molar-refractivity contribution in [2.75, 3.05) is 0 Å². The van der Waals surface area contributed by atoms with E-state index in [1.54, 1.807) is 0 Å². The predicted octanol–water partition coefficient (Wildman–Crippen LogP) is 6.76. The van der Waals surface area contributed by atoms with Crippen molar-refractivity contribution in [2.45, 2.75) is 39.5 Å². The number of hydrogen-bond acceptors (Lipinski definition) is 2. The van der Waals surface area contributed by atoms with Gasteiger partial charge in [-0.3, -0.25) is 9.78 Å². The third kappa shape index (κ3) is 5.39. The number of carbonyl (C=O) groups is 1. The third-order valence-electron chi connectivity index (χ3n) is 4.91. The van der Waals surface area contributed by atoms with E-state index in [1.807, 2.05) is 31.3 Å². The first-order valence-electron chi connectivity index (χ1n) is 9.72. The topological polar surface area (TPSA) is 30.0 Å². The van der Waals surface area contributed by atoms with Gasteiger partial charge in [-0.2, -0.15) is 0 Å². The SMILES string of the molecule is Cc1cc(-c2ccc(CC(=O)C(CC(C)C)c3cccc(Br)c3)cc2)ccn1. The number of carbonyl (C=O) groups excluding carboxylic acids is 1. The Labute approximate surface area is 176 Å². The smallest absolute Gasteiger partial charge is 0.144 e. The maximum Gasteiger partial charge on any atom is 0.144 e. The lowest BCUT2D eigenvalue weighted by atomic mass is 9.84. The zero-order valence-corrected chi connectivity index (χ0v) is 18.2. The van der Waals surface area contributed by atoms with Gasteiger partial charge >= 0.3 is 0 Å². The molecule has 0 radical (unpaired) electrons. The first-order valence-corrected chi connectivity index (χ1v) is 10.5. The standard InChI is InChI=1S/C25H26BrNO/c1-17(2)13-24(22-5-4-6-23(26)16-22)25(28)15-19-7-9-20(10-8-19)21-11-12-27-18(3)14-21/h4-12,14,16-17,24H,13,15H2,1-3H3. The molecule has 2 aromatic carbocycles. The molecule has 0 aliphatic rings. The minimum Gasteiger partial charge on any atom is -0.299 e. The van der Waals surface area contributed by atoms with Crippen LogP contribution < -0.4 is 0 Å². The van der Waals surface area contributed by atoms with E-state index in [-0.39, 0.29) is 11.7 Å². The van der Waals surface area contributed by atoms with Crippen molar-refractivity contribution in [1.82, 2.24) is 4.98 Å². The van der Waals surface area contributed by atoms with Crippen LogP contribution in [-0.4, -0.2) is 10.8 Å². The molecule has 28 heavy (non-hydrogen) atoms. The second-order valence-electron chi connectivity index (χ2n) is 7.76. The van der Waals surface area contributed by atoms with E-state index in [0.29, 0.717) is 12.3 Å². The van der Waals surface area contributed by atoms with E-state index >= 15 is 0 Å². The Morgan fingerprint density at radius 2 is 1.75 bits per heavy atom. The molecule has 0 amide bonds. The summed E-state index contributed by atoms with van der Waals surface area (Å²) in [7, 11) is 0. The van der Waals surface area contributed by atoms with E-state index in [0.717, 1.165) is 38.8 Å². The van der Waals surface area contributed by atoms with Crippen LogP contribution in [0.5, 0.6) is 0 Å². The largest absolute Gasteiger partial charge is 0.299 e. The van der Waals surface area contributed by atoms with Crippen LogP contribution in [0.3, 0.4) is 0 Å². The lowest BCUT2D eigenvalue weighted by Gasteiger charge is -2.19. The number of ketones is 1. The highest BCUT2D eigenvalue weighted by atomic mass is 79.9. The number of halogens is 1. The van der Waals surface area contributed by atoms with Gasteiger partial charge in [0.2, 0.25) is 0 Å². The van der Waals surface area contributed by atoms with Gasteiger partial charge in [-0.25, -0.2) is 0 Å². The van der Waals surface area contributed by atoms with Gasteiger partial charge in [-0.1, -0.05) is 66.2 Å². The predicted molar refractivity (Wildman–Crippen MR) is 119 cm³/mol. The lowest BCUT2D eigenvalue weighted by molar-refractivity contribution is -0.120. The van der Waals surface area contributed by atoms with Gasteiger partial charge in [0.05, 0.1) is 0 Å². The first-order chi connectivity index (χ1) is 13.4. The number of pyridine rings is 1. The van der Waals surface area contributed by atoms with Crippen LogP contribution in [0.4, 0.5) is 0 Å². The van der Waals surface area contributed by atoms with Crippen molar-refractivity contribution >= 4 is 21.7 Å². The first kappa shape index (κ1) is 20.5. The van der Waals surface area contributed by atoms with Crippen molar-refractivity contribution in [1.29, 1.82) is 0 Å². The molecule has 0 aliphatic carbocycles. The van der Waals surface area contributed by atoms with E-state index in [4.69, 9.17) is 0 Å². The molecule has 0 bridgehead atoms. The van der Waals surface area contributed by atoms with Gasteiger partial charge in [0.25, 0.3) is 0 Å². The molecule has 0 spiro atoms. The number of benzene rings is 2. The number of hydrogen-bond donors (Lipinski definition) is 0. The Bertz CT molecular complexity index is 947. The summed E-state index contributed by atoms with van der Waals surface area (Å²) in [5.41, 5.74) is 5.45. The van der Waals surface area contributed by atoms with Crippen LogP contribution >= 0.6 is 15.9 Å². The summed E-state index contributed by atoms with van der Waals surface area (Å²) in [5.74, 6) is 0.671. The summed E-state index contributed by atoms with van der Waals surface area (Å²) in [6, 6.07) is 20.5. The number of aromatic nitrogens is 1. The minimum absolute atomic E-state index is 0.0694. The molecule has 0 fully saturated rings. The fourth-order valence-corrected chi connectivity index (χ4v) is 3.93. The molecule has 144 valence electrons. The molecule has 2 nitrogen and oxygen atoms in total. The van der Waals surface area contributed by atoms with E-state index < -0.39 is 0 Å². The molecule has 0 saturated carbocycles. The van der Waals surface area contributed by atoms with Gasteiger partial charge in [-0.05, 0) is 65.8 Å². The fourth-order valence-electron chi connectivity index (χ4n) is 3.51. The number of Topliss-reactive ketones (excluding diaryl/α,β-unsaturated/α-hetero) is 1. The van der Waals surface area contributed by atoms with Crippen LogP contribution in [0.15, 0.2) is 71.3 Å². The number of nitrogens with zero attached hydrogens (tertiary/aromatic N) is 1. The van der Waals surface area contributed by atoms with Crippen molar-refractivity contribution < 1.29 is 4.79 Å². The third-order valence-corrected chi connectivity index (χ3v) is 5.40. The molecule has 1 heterocycles. The van der Waals surface area contributed by atoms with Crippen molar-refractivity contribution in [3.8, 4) is 11.1 Å². The lowest BCUT2D eigenvalue weighted by Crippen LogP contribution is -2.17. The van der Waals surface area contributed by atoms with Gasteiger partial charge in [0.1, 0.15) is 5.78 Å². The second-order valence-corrected chi connectivity index (χ2v) is 8.68. The Morgan fingerprint density at radius 3 is 2.39 bits per heavy atom. The Kier molecular flexibility index (Phi) is 6.79. The van der Waals surface area contributed by atoms with Crippen LogP contribution in [-0.2, 0) is 11.2 Å². The summed E-state index contributed by atoms with van der Waals surface area (Å²) in [6.07, 6.45) is 3.15. The summed E-state index contributed by atoms with van der Waals surface area (Å²) in [4.78, 5) is 17.4. The van der Waals surface area contributed by atoms with Crippen molar-refractivity contribution in [2.24, 2.45) is 5.92 Å². The van der Waals surface area contributed by atoms with Gasteiger partial charge in [0.15, 0.2) is 0 Å². The highest BCUT2D eigenvalue weighted by Crippen LogP contribution is 2.29. The summed E-state index contributed by atoms with van der Waals surface area (Å²) in [6.45, 7) is 6.33.